The number of aromatic amines is 1. The summed E-state index contributed by atoms with van der Waals surface area (Å²) in [6.07, 6.45) is 1.08. The molecule has 68 valence electrons. The van der Waals surface area contributed by atoms with Crippen molar-refractivity contribution in [3.05, 3.63) is 0 Å². The number of aromatic nitrogens is 2. The molecule has 0 aliphatic rings. The molecule has 0 atom stereocenters. The molecular formula is C5H10N4O2S. The quantitative estimate of drug-likeness (QED) is 0.580. The molecule has 0 saturated heterocycles. The molecule has 0 spiro atoms. The van der Waals surface area contributed by atoms with Crippen molar-refractivity contribution in [3.63, 3.8) is 0 Å². The van der Waals surface area contributed by atoms with Crippen LogP contribution in [0.4, 0.5) is 11.5 Å². The number of hydrogen-bond donors (Lipinski definition) is 3. The Labute approximate surface area is 70.1 Å². The number of nitrogens with one attached hydrogen (secondary N) is 2. The first-order valence-corrected chi connectivity index (χ1v) is 5.07. The summed E-state index contributed by atoms with van der Waals surface area (Å²) in [6.45, 7) is 0. The summed E-state index contributed by atoms with van der Waals surface area (Å²) in [5, 5.41) is 8.57. The van der Waals surface area contributed by atoms with Gasteiger partial charge in [-0.15, -0.1) is 0 Å². The summed E-state index contributed by atoms with van der Waals surface area (Å²) in [5.41, 5.74) is 5.70. The lowest BCUT2D eigenvalue weighted by Crippen LogP contribution is -2.02. The van der Waals surface area contributed by atoms with Gasteiger partial charge in [0.25, 0.3) is 0 Å². The van der Waals surface area contributed by atoms with E-state index in [0.717, 1.165) is 6.26 Å². The van der Waals surface area contributed by atoms with E-state index in [1.165, 1.54) is 0 Å². The minimum absolute atomic E-state index is 0.0162. The van der Waals surface area contributed by atoms with Crippen LogP contribution in [0.25, 0.3) is 0 Å². The van der Waals surface area contributed by atoms with E-state index in [9.17, 15) is 8.42 Å². The average Bonchev–Trinajstić information content (AvgIpc) is 2.29. The highest BCUT2D eigenvalue weighted by molar-refractivity contribution is 7.90. The van der Waals surface area contributed by atoms with E-state index >= 15 is 0 Å². The van der Waals surface area contributed by atoms with Crippen molar-refractivity contribution in [2.24, 2.45) is 0 Å². The molecule has 1 rings (SSSR count). The number of rotatable bonds is 2. The molecule has 0 amide bonds. The van der Waals surface area contributed by atoms with E-state index in [1.807, 2.05) is 0 Å². The number of nitrogens with zero attached hydrogens (tertiary/aromatic N) is 1. The Balaban J connectivity index is 3.36. The molecule has 4 N–H and O–H groups in total. The molecule has 12 heavy (non-hydrogen) atoms. The van der Waals surface area contributed by atoms with Crippen molar-refractivity contribution < 1.29 is 8.42 Å². The second-order valence-corrected chi connectivity index (χ2v) is 4.29. The van der Waals surface area contributed by atoms with Gasteiger partial charge in [-0.05, 0) is 0 Å². The summed E-state index contributed by atoms with van der Waals surface area (Å²) < 4.78 is 22.1. The van der Waals surface area contributed by atoms with Gasteiger partial charge in [0.2, 0.25) is 0 Å². The maximum absolute atomic E-state index is 11.1. The fourth-order valence-electron chi connectivity index (χ4n) is 0.849. The fraction of sp³-hybridized carbons (Fsp3) is 0.400. The van der Waals surface area contributed by atoms with Crippen LogP contribution < -0.4 is 11.1 Å². The van der Waals surface area contributed by atoms with Gasteiger partial charge in [0.1, 0.15) is 5.69 Å². The standard InChI is InChI=1S/C5H10N4O2S/c1-7-3-4(6)8-9-5(3)12(2,10)11/h7H,1-2H3,(H3,6,8,9). The molecule has 0 bridgehead atoms. The van der Waals surface area contributed by atoms with E-state index in [1.54, 1.807) is 7.05 Å². The fourth-order valence-corrected chi connectivity index (χ4v) is 1.64. The van der Waals surface area contributed by atoms with Crippen LogP contribution in [0.5, 0.6) is 0 Å². The molecule has 0 fully saturated rings. The lowest BCUT2D eigenvalue weighted by molar-refractivity contribution is 0.598. The zero-order valence-electron chi connectivity index (χ0n) is 6.75. The Morgan fingerprint density at radius 2 is 2.17 bits per heavy atom. The maximum Gasteiger partial charge on any atom is 0.194 e. The monoisotopic (exact) mass is 190 g/mol. The third kappa shape index (κ3) is 1.35. The normalized spacial score (nSPS) is 11.5. The molecular weight excluding hydrogens is 180 g/mol. The summed E-state index contributed by atoms with van der Waals surface area (Å²) in [5.74, 6) is 0.151. The lowest BCUT2D eigenvalue weighted by atomic mass is 10.5. The average molecular weight is 190 g/mol. The number of H-pyrrole nitrogens is 1. The van der Waals surface area contributed by atoms with Gasteiger partial charge in [-0.3, -0.25) is 5.10 Å². The van der Waals surface area contributed by atoms with Gasteiger partial charge in [-0.25, -0.2) is 8.42 Å². The first kappa shape index (κ1) is 8.85. The number of anilines is 2. The number of hydrogen-bond acceptors (Lipinski definition) is 5. The zero-order chi connectivity index (χ0) is 9.35. The van der Waals surface area contributed by atoms with Crippen molar-refractivity contribution in [2.75, 3.05) is 24.4 Å². The number of nitrogens with two attached hydrogens (primary N) is 1. The molecule has 0 unspecified atom stereocenters. The smallest absolute Gasteiger partial charge is 0.194 e. The van der Waals surface area contributed by atoms with Gasteiger partial charge in [-0.1, -0.05) is 0 Å². The highest BCUT2D eigenvalue weighted by Gasteiger charge is 2.17. The van der Waals surface area contributed by atoms with Crippen LogP contribution in [0.1, 0.15) is 0 Å². The molecule has 1 aromatic heterocycles. The molecule has 1 heterocycles. The van der Waals surface area contributed by atoms with E-state index in [4.69, 9.17) is 5.73 Å². The summed E-state index contributed by atoms with van der Waals surface area (Å²) in [4.78, 5) is 0. The van der Waals surface area contributed by atoms with Crippen molar-refractivity contribution >= 4 is 21.3 Å². The van der Waals surface area contributed by atoms with Gasteiger partial charge in [-0.2, -0.15) is 5.10 Å². The van der Waals surface area contributed by atoms with Crippen molar-refractivity contribution in [1.82, 2.24) is 10.2 Å². The lowest BCUT2D eigenvalue weighted by Gasteiger charge is -1.99. The van der Waals surface area contributed by atoms with Crippen LogP contribution in [0.2, 0.25) is 0 Å². The van der Waals surface area contributed by atoms with Crippen LogP contribution in [-0.4, -0.2) is 31.9 Å². The van der Waals surface area contributed by atoms with Crippen molar-refractivity contribution in [3.8, 4) is 0 Å². The predicted molar refractivity (Wildman–Crippen MR) is 45.7 cm³/mol. The molecule has 0 saturated carbocycles. The van der Waals surface area contributed by atoms with Gasteiger partial charge < -0.3 is 11.1 Å². The van der Waals surface area contributed by atoms with E-state index < -0.39 is 9.84 Å². The van der Waals surface area contributed by atoms with Gasteiger partial charge in [0.05, 0.1) is 0 Å². The molecule has 0 aromatic carbocycles. The Bertz CT molecular complexity index is 380. The Morgan fingerprint density at radius 3 is 2.50 bits per heavy atom. The minimum Gasteiger partial charge on any atom is -0.383 e. The molecule has 7 heteroatoms. The first-order valence-electron chi connectivity index (χ1n) is 3.18. The van der Waals surface area contributed by atoms with E-state index in [2.05, 4.69) is 15.5 Å². The molecule has 0 aliphatic carbocycles. The van der Waals surface area contributed by atoms with Crippen LogP contribution in [0.3, 0.4) is 0 Å². The Morgan fingerprint density at radius 1 is 1.58 bits per heavy atom. The molecule has 1 aromatic rings. The van der Waals surface area contributed by atoms with E-state index in [0.29, 0.717) is 5.69 Å². The Kier molecular flexibility index (Phi) is 1.97. The van der Waals surface area contributed by atoms with E-state index in [-0.39, 0.29) is 10.8 Å². The maximum atomic E-state index is 11.1. The van der Waals surface area contributed by atoms with Crippen LogP contribution in [-0.2, 0) is 9.84 Å². The third-order valence-corrected chi connectivity index (χ3v) is 2.42. The topological polar surface area (TPSA) is 101 Å². The number of sulfone groups is 1. The highest BCUT2D eigenvalue weighted by atomic mass is 32.2. The number of nitrogen functional groups attached to an aromatic ring is 1. The molecule has 6 nitrogen and oxygen atoms in total. The van der Waals surface area contributed by atoms with Gasteiger partial charge in [0.15, 0.2) is 20.7 Å². The zero-order valence-corrected chi connectivity index (χ0v) is 7.57. The predicted octanol–water partition coefficient (Wildman–Crippen LogP) is -0.563. The van der Waals surface area contributed by atoms with Crippen molar-refractivity contribution in [2.45, 2.75) is 5.03 Å². The summed E-state index contributed by atoms with van der Waals surface area (Å²) in [7, 11) is -1.71. The SMILES string of the molecule is CNc1c(N)n[nH]c1S(C)(=O)=O. The highest BCUT2D eigenvalue weighted by Crippen LogP contribution is 2.23. The largest absolute Gasteiger partial charge is 0.383 e. The van der Waals surface area contributed by atoms with Gasteiger partial charge >= 0.3 is 0 Å². The second-order valence-electron chi connectivity index (χ2n) is 2.34. The summed E-state index contributed by atoms with van der Waals surface area (Å²) in [6, 6.07) is 0. The van der Waals surface area contributed by atoms with Crippen LogP contribution in [0, 0.1) is 0 Å². The molecule has 0 radical (unpaired) electrons. The second kappa shape index (κ2) is 2.67. The Hall–Kier alpha value is -1.24. The minimum atomic E-state index is -3.29. The first-order chi connectivity index (χ1) is 5.46. The van der Waals surface area contributed by atoms with Crippen LogP contribution >= 0.6 is 0 Å². The van der Waals surface area contributed by atoms with Crippen LogP contribution in [0.15, 0.2) is 5.03 Å². The molecule has 0 aliphatic heterocycles. The summed E-state index contributed by atoms with van der Waals surface area (Å²) >= 11 is 0. The van der Waals surface area contributed by atoms with Gasteiger partial charge in [0, 0.05) is 13.3 Å². The van der Waals surface area contributed by atoms with Crippen molar-refractivity contribution in [1.29, 1.82) is 0 Å². The third-order valence-electron chi connectivity index (χ3n) is 1.38.